The van der Waals surface area contributed by atoms with Crippen LogP contribution in [0, 0.1) is 0 Å². The maximum atomic E-state index is 13.0. The summed E-state index contributed by atoms with van der Waals surface area (Å²) in [5.41, 5.74) is 6.04. The number of amides is 4. The molecule has 27 heavy (non-hydrogen) atoms. The van der Waals surface area contributed by atoms with Crippen molar-refractivity contribution < 1.29 is 23.9 Å². The standard InChI is InChI=1S/C16H22N6O5/c1-8-12(21-16(26)27-8)14(24)20-10(5-9-6-18-7-19-9)15(25)22-4-2-3-11(22)13(17)23/h6-8,10-12H,2-5H2,1H3,(H2,17,23)(H,18,19)(H,20,24)(H,21,26)/t8?,10-,11-,12?/m0/s1. The highest BCUT2D eigenvalue weighted by Gasteiger charge is 2.40. The number of ether oxygens (including phenoxy) is 1. The van der Waals surface area contributed by atoms with Gasteiger partial charge >= 0.3 is 6.09 Å². The minimum atomic E-state index is -0.942. The van der Waals surface area contributed by atoms with Crippen molar-refractivity contribution in [2.45, 2.75) is 50.4 Å². The van der Waals surface area contributed by atoms with Gasteiger partial charge in [-0.3, -0.25) is 14.4 Å². The highest BCUT2D eigenvalue weighted by Crippen LogP contribution is 2.19. The Hall–Kier alpha value is -3.11. The lowest BCUT2D eigenvalue weighted by atomic mass is 10.1. The molecule has 3 rings (SSSR count). The Labute approximate surface area is 155 Å². The summed E-state index contributed by atoms with van der Waals surface area (Å²) < 4.78 is 4.91. The molecule has 2 aliphatic heterocycles. The van der Waals surface area contributed by atoms with Crippen molar-refractivity contribution in [2.24, 2.45) is 5.73 Å². The molecule has 0 bridgehead atoms. The molecule has 11 nitrogen and oxygen atoms in total. The molecule has 0 aromatic carbocycles. The van der Waals surface area contributed by atoms with Gasteiger partial charge in [-0.25, -0.2) is 9.78 Å². The molecular weight excluding hydrogens is 356 g/mol. The second-order valence-corrected chi connectivity index (χ2v) is 6.67. The lowest BCUT2D eigenvalue weighted by molar-refractivity contribution is -0.141. The molecule has 2 aliphatic rings. The number of carbonyl (C=O) groups excluding carboxylic acids is 4. The number of cyclic esters (lactones) is 1. The van der Waals surface area contributed by atoms with Gasteiger partial charge in [0, 0.05) is 24.9 Å². The molecule has 1 aromatic rings. The van der Waals surface area contributed by atoms with Gasteiger partial charge in [-0.2, -0.15) is 0 Å². The molecule has 146 valence electrons. The summed E-state index contributed by atoms with van der Waals surface area (Å²) in [5, 5.41) is 5.07. The van der Waals surface area contributed by atoms with Gasteiger partial charge in [-0.1, -0.05) is 0 Å². The van der Waals surface area contributed by atoms with Crippen molar-refractivity contribution in [3.63, 3.8) is 0 Å². The van der Waals surface area contributed by atoms with Gasteiger partial charge in [-0.05, 0) is 19.8 Å². The van der Waals surface area contributed by atoms with Crippen molar-refractivity contribution in [3.05, 3.63) is 18.2 Å². The smallest absolute Gasteiger partial charge is 0.408 e. The summed E-state index contributed by atoms with van der Waals surface area (Å²) in [7, 11) is 0. The van der Waals surface area contributed by atoms with Crippen LogP contribution in [0.2, 0.25) is 0 Å². The number of hydrogen-bond acceptors (Lipinski definition) is 6. The maximum Gasteiger partial charge on any atom is 0.408 e. The van der Waals surface area contributed by atoms with E-state index in [0.29, 0.717) is 25.1 Å². The van der Waals surface area contributed by atoms with Crippen LogP contribution in [0.1, 0.15) is 25.5 Å². The molecule has 4 atom stereocenters. The number of carbonyl (C=O) groups is 4. The van der Waals surface area contributed by atoms with Gasteiger partial charge in [0.25, 0.3) is 0 Å². The molecule has 2 fully saturated rings. The largest absolute Gasteiger partial charge is 0.444 e. The van der Waals surface area contributed by atoms with E-state index in [1.807, 2.05) is 0 Å². The first-order valence-electron chi connectivity index (χ1n) is 8.71. The van der Waals surface area contributed by atoms with Gasteiger partial charge in [0.15, 0.2) is 0 Å². The van der Waals surface area contributed by atoms with Crippen LogP contribution in [0.3, 0.4) is 0 Å². The zero-order valence-electron chi connectivity index (χ0n) is 14.8. The molecular formula is C16H22N6O5. The number of imidazole rings is 1. The zero-order valence-corrected chi connectivity index (χ0v) is 14.8. The quantitative estimate of drug-likeness (QED) is 0.467. The minimum Gasteiger partial charge on any atom is -0.444 e. The number of H-pyrrole nitrogens is 1. The molecule has 0 radical (unpaired) electrons. The Morgan fingerprint density at radius 2 is 2.26 bits per heavy atom. The fourth-order valence-corrected chi connectivity index (χ4v) is 3.40. The van der Waals surface area contributed by atoms with Crippen LogP contribution < -0.4 is 16.4 Å². The van der Waals surface area contributed by atoms with Gasteiger partial charge < -0.3 is 31.0 Å². The number of nitrogens with two attached hydrogens (primary N) is 1. The predicted octanol–water partition coefficient (Wildman–Crippen LogP) is -1.59. The third-order valence-corrected chi connectivity index (χ3v) is 4.78. The molecule has 5 N–H and O–H groups in total. The van der Waals surface area contributed by atoms with Crippen molar-refractivity contribution in [2.75, 3.05) is 6.54 Å². The van der Waals surface area contributed by atoms with Crippen molar-refractivity contribution in [3.8, 4) is 0 Å². The van der Waals surface area contributed by atoms with Crippen molar-refractivity contribution in [1.82, 2.24) is 25.5 Å². The highest BCUT2D eigenvalue weighted by atomic mass is 16.6. The fourth-order valence-electron chi connectivity index (χ4n) is 3.40. The Kier molecular flexibility index (Phi) is 5.28. The zero-order chi connectivity index (χ0) is 19.6. The Balaban J connectivity index is 1.76. The fraction of sp³-hybridized carbons (Fsp3) is 0.562. The highest BCUT2D eigenvalue weighted by molar-refractivity contribution is 5.95. The van der Waals surface area contributed by atoms with Gasteiger partial charge in [-0.15, -0.1) is 0 Å². The number of aromatic amines is 1. The van der Waals surface area contributed by atoms with Crippen LogP contribution in [0.25, 0.3) is 0 Å². The number of nitrogens with one attached hydrogen (secondary N) is 3. The molecule has 2 saturated heterocycles. The topological polar surface area (TPSA) is 160 Å². The SMILES string of the molecule is CC1OC(=O)NC1C(=O)N[C@@H](Cc1cnc[nH]1)C(=O)N1CCC[C@H]1C(N)=O. The number of likely N-dealkylation sites (tertiary alicyclic amines) is 1. The Morgan fingerprint density at radius 1 is 1.48 bits per heavy atom. The first-order valence-corrected chi connectivity index (χ1v) is 8.71. The molecule has 1 aromatic heterocycles. The van der Waals surface area contributed by atoms with E-state index in [2.05, 4.69) is 20.6 Å². The van der Waals surface area contributed by atoms with E-state index in [0.717, 1.165) is 0 Å². The average Bonchev–Trinajstić information content (AvgIpc) is 3.34. The van der Waals surface area contributed by atoms with Crippen molar-refractivity contribution in [1.29, 1.82) is 0 Å². The van der Waals surface area contributed by atoms with E-state index >= 15 is 0 Å². The second kappa shape index (κ2) is 7.64. The summed E-state index contributed by atoms with van der Waals surface area (Å²) in [6.45, 7) is 1.97. The number of primary amides is 1. The first-order chi connectivity index (χ1) is 12.9. The number of aromatic nitrogens is 2. The number of alkyl carbamates (subject to hydrolysis) is 1. The summed E-state index contributed by atoms with van der Waals surface area (Å²) >= 11 is 0. The van der Waals surface area contributed by atoms with Crippen molar-refractivity contribution >= 4 is 23.8 Å². The summed E-state index contributed by atoms with van der Waals surface area (Å²) in [6.07, 6.45) is 2.97. The van der Waals surface area contributed by atoms with E-state index in [1.165, 1.54) is 11.2 Å². The van der Waals surface area contributed by atoms with Crippen LogP contribution in [-0.2, 0) is 25.5 Å². The van der Waals surface area contributed by atoms with Crippen LogP contribution in [0.5, 0.6) is 0 Å². The Bertz CT molecular complexity index is 736. The van der Waals surface area contributed by atoms with E-state index in [4.69, 9.17) is 10.5 Å². The van der Waals surface area contributed by atoms with Crippen LogP contribution in [0.4, 0.5) is 4.79 Å². The molecule has 0 spiro atoms. The Morgan fingerprint density at radius 3 is 2.85 bits per heavy atom. The summed E-state index contributed by atoms with van der Waals surface area (Å²) in [4.78, 5) is 56.8. The molecule has 11 heteroatoms. The average molecular weight is 378 g/mol. The van der Waals surface area contributed by atoms with Gasteiger partial charge in [0.1, 0.15) is 24.2 Å². The maximum absolute atomic E-state index is 13.0. The lowest BCUT2D eigenvalue weighted by Gasteiger charge is -2.28. The monoisotopic (exact) mass is 378 g/mol. The minimum absolute atomic E-state index is 0.155. The molecule has 0 aliphatic carbocycles. The molecule has 2 unspecified atom stereocenters. The summed E-state index contributed by atoms with van der Waals surface area (Å²) in [5.74, 6) is -1.52. The van der Waals surface area contributed by atoms with Crippen LogP contribution in [0.15, 0.2) is 12.5 Å². The predicted molar refractivity (Wildman–Crippen MR) is 91.0 cm³/mol. The van der Waals surface area contributed by atoms with E-state index in [9.17, 15) is 19.2 Å². The summed E-state index contributed by atoms with van der Waals surface area (Å²) in [6, 6.07) is -2.53. The number of nitrogens with zero attached hydrogens (tertiary/aromatic N) is 2. The first kappa shape index (κ1) is 18.7. The third-order valence-electron chi connectivity index (χ3n) is 4.78. The van der Waals surface area contributed by atoms with Gasteiger partial charge in [0.05, 0.1) is 6.33 Å². The number of hydrogen-bond donors (Lipinski definition) is 4. The van der Waals surface area contributed by atoms with Gasteiger partial charge in [0.2, 0.25) is 17.7 Å². The van der Waals surface area contributed by atoms with Crippen LogP contribution >= 0.6 is 0 Å². The molecule has 0 saturated carbocycles. The molecule has 3 heterocycles. The van der Waals surface area contributed by atoms with E-state index in [1.54, 1.807) is 13.1 Å². The van der Waals surface area contributed by atoms with E-state index in [-0.39, 0.29) is 6.42 Å². The van der Waals surface area contributed by atoms with Crippen LogP contribution in [-0.4, -0.2) is 69.5 Å². The normalized spacial score (nSPS) is 25.6. The second-order valence-electron chi connectivity index (χ2n) is 6.67. The third kappa shape index (κ3) is 4.01. The van der Waals surface area contributed by atoms with E-state index < -0.39 is 48.0 Å². The lowest BCUT2D eigenvalue weighted by Crippen LogP contribution is -2.57. The number of rotatable bonds is 6. The molecule has 4 amide bonds.